The van der Waals surface area contributed by atoms with Gasteiger partial charge in [0.15, 0.2) is 0 Å². The third kappa shape index (κ3) is 1.87. The third-order valence-corrected chi connectivity index (χ3v) is 4.77. The highest BCUT2D eigenvalue weighted by Crippen LogP contribution is 2.33. The summed E-state index contributed by atoms with van der Waals surface area (Å²) in [5.74, 6) is 0. The molecule has 0 saturated carbocycles. The number of methoxy groups -OCH3 is 1. The van der Waals surface area contributed by atoms with Gasteiger partial charge in [0, 0.05) is 20.1 Å². The summed E-state index contributed by atoms with van der Waals surface area (Å²) >= 11 is 2.41. The van der Waals surface area contributed by atoms with Gasteiger partial charge in [0.05, 0.1) is 15.6 Å². The SMILES string of the molecule is CO[C@]1(C)CCO[C@@H](C)C1I. The van der Waals surface area contributed by atoms with Crippen molar-refractivity contribution in [2.75, 3.05) is 13.7 Å². The standard InChI is InChI=1S/C8H15IO2/c1-6-7(9)8(2,10-3)4-5-11-6/h6-7H,4-5H2,1-3H3/t6-,7?,8+/m0/s1. The highest BCUT2D eigenvalue weighted by molar-refractivity contribution is 14.1. The molecule has 0 amide bonds. The topological polar surface area (TPSA) is 18.5 Å². The van der Waals surface area contributed by atoms with E-state index < -0.39 is 0 Å². The Morgan fingerprint density at radius 3 is 2.73 bits per heavy atom. The van der Waals surface area contributed by atoms with Gasteiger partial charge in [-0.2, -0.15) is 0 Å². The number of halogens is 1. The molecule has 3 atom stereocenters. The number of hydrogen-bond donors (Lipinski definition) is 0. The quantitative estimate of drug-likeness (QED) is 0.536. The average molecular weight is 270 g/mol. The van der Waals surface area contributed by atoms with E-state index >= 15 is 0 Å². The van der Waals surface area contributed by atoms with Crippen molar-refractivity contribution in [1.29, 1.82) is 0 Å². The van der Waals surface area contributed by atoms with Crippen LogP contribution in [0.2, 0.25) is 0 Å². The molecule has 1 saturated heterocycles. The molecule has 0 aliphatic carbocycles. The Bertz CT molecular complexity index is 140. The van der Waals surface area contributed by atoms with Crippen LogP contribution in [0, 0.1) is 0 Å². The fourth-order valence-electron chi connectivity index (χ4n) is 1.38. The Kier molecular flexibility index (Phi) is 3.17. The Morgan fingerprint density at radius 1 is 1.64 bits per heavy atom. The predicted molar refractivity (Wildman–Crippen MR) is 53.3 cm³/mol. The summed E-state index contributed by atoms with van der Waals surface area (Å²) in [4.78, 5) is 0. The van der Waals surface area contributed by atoms with E-state index in [4.69, 9.17) is 9.47 Å². The zero-order valence-electron chi connectivity index (χ0n) is 7.26. The van der Waals surface area contributed by atoms with Gasteiger partial charge in [-0.15, -0.1) is 0 Å². The first-order chi connectivity index (χ1) is 5.10. The molecule has 1 unspecified atom stereocenters. The van der Waals surface area contributed by atoms with Crippen LogP contribution in [0.25, 0.3) is 0 Å². The van der Waals surface area contributed by atoms with E-state index in [0.717, 1.165) is 13.0 Å². The molecule has 0 spiro atoms. The molecule has 2 nitrogen and oxygen atoms in total. The highest BCUT2D eigenvalue weighted by atomic mass is 127. The molecule has 1 rings (SSSR count). The zero-order chi connectivity index (χ0) is 8.48. The van der Waals surface area contributed by atoms with Crippen LogP contribution in [0.3, 0.4) is 0 Å². The Labute approximate surface area is 81.8 Å². The lowest BCUT2D eigenvalue weighted by atomic mass is 9.93. The lowest BCUT2D eigenvalue weighted by Gasteiger charge is -2.40. The molecule has 0 radical (unpaired) electrons. The minimum atomic E-state index is 0.0121. The maximum absolute atomic E-state index is 5.50. The van der Waals surface area contributed by atoms with Crippen LogP contribution in [-0.2, 0) is 9.47 Å². The molecule has 1 aliphatic rings. The van der Waals surface area contributed by atoms with E-state index in [1.54, 1.807) is 7.11 Å². The summed E-state index contributed by atoms with van der Waals surface area (Å²) in [6.45, 7) is 5.08. The van der Waals surface area contributed by atoms with Crippen molar-refractivity contribution in [3.63, 3.8) is 0 Å². The number of ether oxygens (including phenoxy) is 2. The highest BCUT2D eigenvalue weighted by Gasteiger charge is 2.39. The van der Waals surface area contributed by atoms with Gasteiger partial charge in [0.2, 0.25) is 0 Å². The summed E-state index contributed by atoms with van der Waals surface area (Å²) in [6, 6.07) is 0. The number of alkyl halides is 1. The van der Waals surface area contributed by atoms with Crippen molar-refractivity contribution in [3.8, 4) is 0 Å². The van der Waals surface area contributed by atoms with E-state index in [-0.39, 0.29) is 5.60 Å². The second-order valence-electron chi connectivity index (χ2n) is 3.24. The fraction of sp³-hybridized carbons (Fsp3) is 1.00. The molecule has 1 heterocycles. The normalized spacial score (nSPS) is 45.8. The zero-order valence-corrected chi connectivity index (χ0v) is 9.42. The van der Waals surface area contributed by atoms with Crippen molar-refractivity contribution < 1.29 is 9.47 Å². The van der Waals surface area contributed by atoms with Crippen LogP contribution < -0.4 is 0 Å². The summed E-state index contributed by atoms with van der Waals surface area (Å²) in [5.41, 5.74) is 0.0121. The van der Waals surface area contributed by atoms with Crippen molar-refractivity contribution >= 4 is 22.6 Å². The summed E-state index contributed by atoms with van der Waals surface area (Å²) < 4.78 is 11.4. The van der Waals surface area contributed by atoms with Crippen LogP contribution in [0.15, 0.2) is 0 Å². The van der Waals surface area contributed by atoms with Gasteiger partial charge in [-0.3, -0.25) is 0 Å². The molecule has 1 fully saturated rings. The van der Waals surface area contributed by atoms with E-state index in [1.165, 1.54) is 0 Å². The molecule has 1 aliphatic heterocycles. The molecule has 0 bridgehead atoms. The lowest BCUT2D eigenvalue weighted by Crippen LogP contribution is -2.49. The molecule has 0 N–H and O–H groups in total. The Morgan fingerprint density at radius 2 is 2.27 bits per heavy atom. The smallest absolute Gasteiger partial charge is 0.0814 e. The van der Waals surface area contributed by atoms with Gasteiger partial charge >= 0.3 is 0 Å². The second-order valence-corrected chi connectivity index (χ2v) is 4.59. The van der Waals surface area contributed by atoms with Crippen molar-refractivity contribution in [3.05, 3.63) is 0 Å². The first-order valence-electron chi connectivity index (χ1n) is 3.91. The Balaban J connectivity index is 2.64. The fourth-order valence-corrected chi connectivity index (χ4v) is 2.15. The lowest BCUT2D eigenvalue weighted by molar-refractivity contribution is -0.0955. The second kappa shape index (κ2) is 3.58. The molecular formula is C8H15IO2. The van der Waals surface area contributed by atoms with E-state index in [0.29, 0.717) is 10.0 Å². The van der Waals surface area contributed by atoms with Crippen molar-refractivity contribution in [2.45, 2.75) is 35.9 Å². The molecule has 11 heavy (non-hydrogen) atoms. The maximum atomic E-state index is 5.50. The van der Waals surface area contributed by atoms with E-state index in [1.807, 2.05) is 0 Å². The van der Waals surface area contributed by atoms with Gasteiger partial charge in [0.1, 0.15) is 0 Å². The molecule has 0 aromatic rings. The summed E-state index contributed by atoms with van der Waals surface area (Å²) in [6.07, 6.45) is 1.32. The molecular weight excluding hydrogens is 255 g/mol. The van der Waals surface area contributed by atoms with Crippen LogP contribution in [-0.4, -0.2) is 29.3 Å². The first-order valence-corrected chi connectivity index (χ1v) is 5.15. The number of hydrogen-bond acceptors (Lipinski definition) is 2. The van der Waals surface area contributed by atoms with Crippen molar-refractivity contribution in [2.24, 2.45) is 0 Å². The third-order valence-electron chi connectivity index (χ3n) is 2.44. The van der Waals surface area contributed by atoms with Gasteiger partial charge in [-0.05, 0) is 13.8 Å². The predicted octanol–water partition coefficient (Wildman–Crippen LogP) is 2.00. The minimum Gasteiger partial charge on any atom is -0.377 e. The summed E-state index contributed by atoms with van der Waals surface area (Å²) in [7, 11) is 1.78. The minimum absolute atomic E-state index is 0.0121. The Hall–Kier alpha value is 0.650. The average Bonchev–Trinajstić information content (AvgIpc) is 2.00. The molecule has 66 valence electrons. The first kappa shape index (κ1) is 9.74. The van der Waals surface area contributed by atoms with Gasteiger partial charge in [-0.1, -0.05) is 22.6 Å². The van der Waals surface area contributed by atoms with Gasteiger partial charge < -0.3 is 9.47 Å². The number of rotatable bonds is 1. The molecule has 0 aromatic carbocycles. The van der Waals surface area contributed by atoms with Crippen LogP contribution in [0.5, 0.6) is 0 Å². The maximum Gasteiger partial charge on any atom is 0.0814 e. The van der Waals surface area contributed by atoms with Crippen LogP contribution in [0.4, 0.5) is 0 Å². The van der Waals surface area contributed by atoms with E-state index in [9.17, 15) is 0 Å². The largest absolute Gasteiger partial charge is 0.377 e. The van der Waals surface area contributed by atoms with E-state index in [2.05, 4.69) is 36.4 Å². The van der Waals surface area contributed by atoms with Gasteiger partial charge in [-0.25, -0.2) is 0 Å². The monoisotopic (exact) mass is 270 g/mol. The molecule has 0 aromatic heterocycles. The molecule has 3 heteroatoms. The van der Waals surface area contributed by atoms with Crippen LogP contribution in [0.1, 0.15) is 20.3 Å². The van der Waals surface area contributed by atoms with Gasteiger partial charge in [0.25, 0.3) is 0 Å². The van der Waals surface area contributed by atoms with Crippen LogP contribution >= 0.6 is 22.6 Å². The van der Waals surface area contributed by atoms with Crippen molar-refractivity contribution in [1.82, 2.24) is 0 Å². The summed E-state index contributed by atoms with van der Waals surface area (Å²) in [5, 5.41) is 0.